The summed E-state index contributed by atoms with van der Waals surface area (Å²) in [5, 5.41) is 0. The lowest BCUT2D eigenvalue weighted by Gasteiger charge is -2.20. The first-order valence-electron chi connectivity index (χ1n) is 2.52. The van der Waals surface area contributed by atoms with Crippen molar-refractivity contribution in [1.82, 2.24) is 0 Å². The van der Waals surface area contributed by atoms with E-state index in [9.17, 15) is 0 Å². The lowest BCUT2D eigenvalue weighted by atomic mass is 10.7. The number of nitrogens with two attached hydrogens (primary N) is 1. The maximum absolute atomic E-state index is 5.47. The summed E-state index contributed by atoms with van der Waals surface area (Å²) in [7, 11) is 7.62. The Morgan fingerprint density at radius 2 is 1.67 bits per heavy atom. The highest BCUT2D eigenvalue weighted by molar-refractivity contribution is 5.85. The average molecular weight is 153 g/mol. The summed E-state index contributed by atoms with van der Waals surface area (Å²) < 4.78 is 0.608. The normalized spacial score (nSPS) is 12.7. The fourth-order valence-corrected chi connectivity index (χ4v) is 0.300. The Morgan fingerprint density at radius 3 is 1.67 bits per heavy atom. The van der Waals surface area contributed by atoms with Gasteiger partial charge in [0.1, 0.15) is 0 Å². The lowest BCUT2D eigenvalue weighted by molar-refractivity contribution is -0.778. The number of guanidine groups is 1. The van der Waals surface area contributed by atoms with E-state index in [0.717, 1.165) is 0 Å². The Hall–Kier alpha value is -0.280. The zero-order chi connectivity index (χ0) is 6.78. The summed E-state index contributed by atoms with van der Waals surface area (Å²) in [4.78, 5) is 3.83. The zero-order valence-corrected chi connectivity index (χ0v) is 7.20. The molecule has 0 amide bonds. The van der Waals surface area contributed by atoms with Crippen LogP contribution in [0.2, 0.25) is 0 Å². The SMILES string of the molecule is CN=C(N)[N+](C)(C)C.Cl. The predicted molar refractivity (Wildman–Crippen MR) is 42.8 cm³/mol. The summed E-state index contributed by atoms with van der Waals surface area (Å²) >= 11 is 0. The summed E-state index contributed by atoms with van der Waals surface area (Å²) in [5.41, 5.74) is 5.47. The number of halogens is 1. The first-order chi connectivity index (χ1) is 3.48. The summed E-state index contributed by atoms with van der Waals surface area (Å²) in [6, 6.07) is 0. The highest BCUT2D eigenvalue weighted by Gasteiger charge is 2.10. The molecule has 0 spiro atoms. The highest BCUT2D eigenvalue weighted by atomic mass is 35.5. The fourth-order valence-electron chi connectivity index (χ4n) is 0.300. The van der Waals surface area contributed by atoms with E-state index in [1.807, 2.05) is 21.1 Å². The summed E-state index contributed by atoms with van der Waals surface area (Å²) in [6.07, 6.45) is 0. The molecule has 0 bridgehead atoms. The van der Waals surface area contributed by atoms with Gasteiger partial charge in [-0.1, -0.05) is 0 Å². The lowest BCUT2D eigenvalue weighted by Crippen LogP contribution is -2.46. The largest absolute Gasteiger partial charge is 0.338 e. The van der Waals surface area contributed by atoms with Crippen molar-refractivity contribution in [2.75, 3.05) is 28.2 Å². The molecule has 0 fully saturated rings. The molecule has 0 aliphatic heterocycles. The van der Waals surface area contributed by atoms with Crippen LogP contribution in [0.1, 0.15) is 0 Å². The second-order valence-corrected chi connectivity index (χ2v) is 2.59. The van der Waals surface area contributed by atoms with E-state index >= 15 is 0 Å². The minimum atomic E-state index is 0. The Balaban J connectivity index is 0. The van der Waals surface area contributed by atoms with Crippen molar-refractivity contribution in [3.8, 4) is 0 Å². The molecule has 0 aliphatic rings. The molecule has 0 heterocycles. The number of aliphatic imine (C=N–C) groups is 1. The van der Waals surface area contributed by atoms with Gasteiger partial charge in [-0.3, -0.25) is 4.48 Å². The molecule has 3 nitrogen and oxygen atoms in total. The molecule has 0 aromatic rings. The molecular weight excluding hydrogens is 138 g/mol. The van der Waals surface area contributed by atoms with Crippen molar-refractivity contribution in [2.45, 2.75) is 0 Å². The van der Waals surface area contributed by atoms with Crippen LogP contribution in [0.15, 0.2) is 4.99 Å². The molecule has 56 valence electrons. The van der Waals surface area contributed by atoms with Crippen LogP contribution in [-0.2, 0) is 0 Å². The van der Waals surface area contributed by atoms with E-state index in [1.165, 1.54) is 0 Å². The second-order valence-electron chi connectivity index (χ2n) is 2.59. The number of rotatable bonds is 0. The van der Waals surface area contributed by atoms with Crippen molar-refractivity contribution in [2.24, 2.45) is 10.7 Å². The Kier molecular flexibility index (Phi) is 4.72. The third-order valence-corrected chi connectivity index (χ3v) is 0.916. The number of nitrogens with zero attached hydrogens (tertiary/aromatic N) is 2. The maximum Gasteiger partial charge on any atom is 0.294 e. The maximum atomic E-state index is 5.47. The topological polar surface area (TPSA) is 38.4 Å². The van der Waals surface area contributed by atoms with E-state index in [2.05, 4.69) is 4.99 Å². The highest BCUT2D eigenvalue weighted by Crippen LogP contribution is 1.86. The molecule has 9 heavy (non-hydrogen) atoms. The molecule has 0 rings (SSSR count). The van der Waals surface area contributed by atoms with Crippen LogP contribution in [0.5, 0.6) is 0 Å². The molecule has 0 aliphatic carbocycles. The third kappa shape index (κ3) is 4.24. The molecule has 4 heteroatoms. The van der Waals surface area contributed by atoms with Crippen molar-refractivity contribution in [3.05, 3.63) is 0 Å². The molecule has 0 atom stereocenters. The van der Waals surface area contributed by atoms with Crippen LogP contribution in [0.3, 0.4) is 0 Å². The summed E-state index contributed by atoms with van der Waals surface area (Å²) in [6.45, 7) is 0. The fraction of sp³-hybridized carbons (Fsp3) is 0.800. The second kappa shape index (κ2) is 3.69. The standard InChI is InChI=1S/C5H14N3.ClH/c1-7-5(6)8(2,3)4;/h1-4H3,(H2,6,7);1H/q+1;. The van der Waals surface area contributed by atoms with Crippen LogP contribution in [0.25, 0.3) is 0 Å². The van der Waals surface area contributed by atoms with Crippen molar-refractivity contribution >= 4 is 18.4 Å². The van der Waals surface area contributed by atoms with Gasteiger partial charge in [0.05, 0.1) is 21.1 Å². The Bertz CT molecular complexity index is 103. The Morgan fingerprint density at radius 1 is 1.33 bits per heavy atom. The van der Waals surface area contributed by atoms with Gasteiger partial charge in [0.25, 0.3) is 5.96 Å². The molecule has 0 saturated carbocycles. The molecular formula is C5H15ClN3+. The van der Waals surface area contributed by atoms with E-state index in [0.29, 0.717) is 10.4 Å². The predicted octanol–water partition coefficient (Wildman–Crippen LogP) is 0.0589. The quantitative estimate of drug-likeness (QED) is 0.298. The first kappa shape index (κ1) is 11.5. The zero-order valence-electron chi connectivity index (χ0n) is 6.38. The van der Waals surface area contributed by atoms with Crippen LogP contribution in [0, 0.1) is 0 Å². The molecule has 0 radical (unpaired) electrons. The smallest absolute Gasteiger partial charge is 0.294 e. The Labute approximate surface area is 62.6 Å². The van der Waals surface area contributed by atoms with E-state index in [-0.39, 0.29) is 12.4 Å². The molecule has 0 unspecified atom stereocenters. The van der Waals surface area contributed by atoms with Crippen LogP contribution in [0.4, 0.5) is 0 Å². The molecule has 0 aromatic carbocycles. The number of hydrogen-bond acceptors (Lipinski definition) is 1. The first-order valence-corrected chi connectivity index (χ1v) is 2.52. The summed E-state index contributed by atoms with van der Waals surface area (Å²) in [5.74, 6) is 0.644. The van der Waals surface area contributed by atoms with Gasteiger partial charge in [0, 0.05) is 7.05 Å². The van der Waals surface area contributed by atoms with E-state index in [1.54, 1.807) is 7.05 Å². The van der Waals surface area contributed by atoms with Gasteiger partial charge in [-0.25, -0.2) is 4.99 Å². The minimum Gasteiger partial charge on any atom is -0.338 e. The van der Waals surface area contributed by atoms with Crippen molar-refractivity contribution in [1.29, 1.82) is 0 Å². The third-order valence-electron chi connectivity index (χ3n) is 0.916. The van der Waals surface area contributed by atoms with Gasteiger partial charge in [0.15, 0.2) is 0 Å². The molecule has 0 aromatic heterocycles. The van der Waals surface area contributed by atoms with Gasteiger partial charge >= 0.3 is 0 Å². The van der Waals surface area contributed by atoms with E-state index < -0.39 is 0 Å². The van der Waals surface area contributed by atoms with Crippen molar-refractivity contribution in [3.63, 3.8) is 0 Å². The van der Waals surface area contributed by atoms with Gasteiger partial charge in [-0.05, 0) is 0 Å². The molecule has 2 N–H and O–H groups in total. The van der Waals surface area contributed by atoms with Crippen LogP contribution in [-0.4, -0.2) is 38.6 Å². The van der Waals surface area contributed by atoms with E-state index in [4.69, 9.17) is 5.73 Å². The van der Waals surface area contributed by atoms with Crippen LogP contribution >= 0.6 is 12.4 Å². The van der Waals surface area contributed by atoms with Crippen LogP contribution < -0.4 is 5.73 Å². The number of quaternary nitrogens is 1. The minimum absolute atomic E-state index is 0. The van der Waals surface area contributed by atoms with Gasteiger partial charge in [-0.15, -0.1) is 12.4 Å². The molecule has 0 saturated heterocycles. The van der Waals surface area contributed by atoms with Gasteiger partial charge in [0.2, 0.25) is 0 Å². The van der Waals surface area contributed by atoms with Gasteiger partial charge < -0.3 is 5.73 Å². The van der Waals surface area contributed by atoms with Crippen molar-refractivity contribution < 1.29 is 4.48 Å². The monoisotopic (exact) mass is 152 g/mol. The van der Waals surface area contributed by atoms with Gasteiger partial charge in [-0.2, -0.15) is 0 Å². The average Bonchev–Trinajstić information content (AvgIpc) is 1.62. The number of hydrogen-bond donors (Lipinski definition) is 1.